The maximum atomic E-state index is 12.9. The fourth-order valence-electron chi connectivity index (χ4n) is 3.75. The number of fused-ring (bicyclic) bond motifs is 2. The lowest BCUT2D eigenvalue weighted by Crippen LogP contribution is -2.38. The van der Waals surface area contributed by atoms with Gasteiger partial charge in [0.1, 0.15) is 5.69 Å². The third-order valence-electron chi connectivity index (χ3n) is 4.68. The number of hydrogen-bond donors (Lipinski definition) is 1. The van der Waals surface area contributed by atoms with Crippen LogP contribution in [0.15, 0.2) is 16.7 Å². The molecular formula is C15H19BrN2O3. The number of carbonyl (C=O) groups excluding carboxylic acids is 1. The van der Waals surface area contributed by atoms with E-state index < -0.39 is 11.9 Å². The summed E-state index contributed by atoms with van der Waals surface area (Å²) in [7, 11) is 0. The molecular weight excluding hydrogens is 336 g/mol. The first-order chi connectivity index (χ1) is 9.90. The molecule has 1 aromatic rings. The van der Waals surface area contributed by atoms with E-state index in [9.17, 15) is 14.7 Å². The fourth-order valence-corrected chi connectivity index (χ4v) is 4.18. The molecule has 0 saturated carbocycles. The summed E-state index contributed by atoms with van der Waals surface area (Å²) in [5, 5.41) is 9.30. The van der Waals surface area contributed by atoms with Crippen LogP contribution in [0.3, 0.4) is 0 Å². The van der Waals surface area contributed by atoms with Crippen molar-refractivity contribution < 1.29 is 14.7 Å². The second-order valence-electron chi connectivity index (χ2n) is 6.24. The lowest BCUT2D eigenvalue weighted by atomic mass is 9.89. The zero-order chi connectivity index (χ0) is 15.3. The number of amides is 1. The Balaban J connectivity index is 1.92. The molecule has 6 heteroatoms. The van der Waals surface area contributed by atoms with Crippen LogP contribution in [0.4, 0.5) is 0 Å². The minimum Gasteiger partial charge on any atom is -0.481 e. The van der Waals surface area contributed by atoms with Gasteiger partial charge in [0.15, 0.2) is 0 Å². The van der Waals surface area contributed by atoms with Crippen LogP contribution >= 0.6 is 15.9 Å². The van der Waals surface area contributed by atoms with Crippen LogP contribution in [0.5, 0.6) is 0 Å². The zero-order valence-electron chi connectivity index (χ0n) is 12.1. The van der Waals surface area contributed by atoms with Crippen molar-refractivity contribution in [2.45, 2.75) is 51.2 Å². The molecule has 3 rings (SSSR count). The maximum Gasteiger partial charge on any atom is 0.308 e. The highest BCUT2D eigenvalue weighted by molar-refractivity contribution is 9.10. The molecule has 2 bridgehead atoms. The molecule has 0 radical (unpaired) electrons. The quantitative estimate of drug-likeness (QED) is 0.907. The van der Waals surface area contributed by atoms with Gasteiger partial charge < -0.3 is 14.6 Å². The molecule has 1 amide bonds. The first-order valence-corrected chi connectivity index (χ1v) is 8.12. The third kappa shape index (κ3) is 2.29. The van der Waals surface area contributed by atoms with Crippen molar-refractivity contribution >= 4 is 27.8 Å². The molecule has 21 heavy (non-hydrogen) atoms. The summed E-state index contributed by atoms with van der Waals surface area (Å²) in [6.45, 7) is 4.06. The Morgan fingerprint density at radius 2 is 2.10 bits per heavy atom. The molecule has 2 fully saturated rings. The molecule has 1 aromatic heterocycles. The Morgan fingerprint density at radius 1 is 1.38 bits per heavy atom. The largest absolute Gasteiger partial charge is 0.481 e. The lowest BCUT2D eigenvalue weighted by molar-refractivity contribution is -0.142. The Labute approximate surface area is 132 Å². The molecule has 3 unspecified atom stereocenters. The standard InChI is InChI=1S/C15H19BrN2O3/c1-8(2)17-7-9(16)5-13(17)14(19)18-10-3-4-12(18)11(6-10)15(20)21/h5,7-8,10-12H,3-4,6H2,1-2H3,(H,20,21). The van der Waals surface area contributed by atoms with Crippen LogP contribution in [0.25, 0.3) is 0 Å². The van der Waals surface area contributed by atoms with Crippen molar-refractivity contribution in [2.24, 2.45) is 5.92 Å². The normalized spacial score (nSPS) is 27.6. The predicted octanol–water partition coefficient (Wildman–Crippen LogP) is 2.91. The second-order valence-corrected chi connectivity index (χ2v) is 7.15. The molecule has 2 aliphatic rings. The van der Waals surface area contributed by atoms with Gasteiger partial charge in [0.2, 0.25) is 0 Å². The number of carbonyl (C=O) groups is 2. The Morgan fingerprint density at radius 3 is 2.67 bits per heavy atom. The highest BCUT2D eigenvalue weighted by atomic mass is 79.9. The maximum absolute atomic E-state index is 12.9. The number of carboxylic acids is 1. The lowest BCUT2D eigenvalue weighted by Gasteiger charge is -2.24. The van der Waals surface area contributed by atoms with E-state index in [1.165, 1.54) is 0 Å². The molecule has 0 aromatic carbocycles. The molecule has 0 aliphatic carbocycles. The van der Waals surface area contributed by atoms with E-state index in [-0.39, 0.29) is 24.0 Å². The summed E-state index contributed by atoms with van der Waals surface area (Å²) in [5.41, 5.74) is 0.639. The summed E-state index contributed by atoms with van der Waals surface area (Å²) in [6.07, 6.45) is 4.22. The van der Waals surface area contributed by atoms with Crippen molar-refractivity contribution in [1.82, 2.24) is 9.47 Å². The second kappa shape index (κ2) is 5.16. The van der Waals surface area contributed by atoms with Gasteiger partial charge >= 0.3 is 5.97 Å². The van der Waals surface area contributed by atoms with Crippen LogP contribution in [0.2, 0.25) is 0 Å². The molecule has 5 nitrogen and oxygen atoms in total. The molecule has 1 N–H and O–H groups in total. The smallest absolute Gasteiger partial charge is 0.308 e. The first kappa shape index (κ1) is 14.6. The van der Waals surface area contributed by atoms with Gasteiger partial charge in [0, 0.05) is 28.8 Å². The Bertz CT molecular complexity index is 596. The number of aliphatic carboxylic acids is 1. The van der Waals surface area contributed by atoms with E-state index in [1.807, 2.05) is 35.6 Å². The summed E-state index contributed by atoms with van der Waals surface area (Å²) in [5.74, 6) is -1.22. The van der Waals surface area contributed by atoms with Crippen molar-refractivity contribution in [3.8, 4) is 0 Å². The van der Waals surface area contributed by atoms with Crippen LogP contribution in [0, 0.1) is 5.92 Å². The summed E-state index contributed by atoms with van der Waals surface area (Å²) < 4.78 is 2.82. The molecule has 114 valence electrons. The molecule has 3 atom stereocenters. The Kier molecular flexibility index (Phi) is 3.59. The van der Waals surface area contributed by atoms with Gasteiger partial charge in [-0.25, -0.2) is 0 Å². The molecule has 0 spiro atoms. The van der Waals surface area contributed by atoms with Crippen molar-refractivity contribution in [1.29, 1.82) is 0 Å². The summed E-state index contributed by atoms with van der Waals surface area (Å²) in [4.78, 5) is 26.0. The van der Waals surface area contributed by atoms with E-state index in [4.69, 9.17) is 0 Å². The number of carboxylic acid groups (broad SMARTS) is 1. The first-order valence-electron chi connectivity index (χ1n) is 7.33. The average Bonchev–Trinajstić information content (AvgIpc) is 3.09. The van der Waals surface area contributed by atoms with Crippen molar-refractivity contribution in [3.05, 3.63) is 22.4 Å². The highest BCUT2D eigenvalue weighted by Gasteiger charge is 2.51. The van der Waals surface area contributed by atoms with Gasteiger partial charge in [0.25, 0.3) is 5.91 Å². The SMILES string of the molecule is CC(C)n1cc(Br)cc1C(=O)N1C2CCC1C(C(=O)O)C2. The number of halogens is 1. The van der Waals surface area contributed by atoms with Crippen molar-refractivity contribution in [2.75, 3.05) is 0 Å². The van der Waals surface area contributed by atoms with Gasteiger partial charge in [-0.1, -0.05) is 0 Å². The Hall–Kier alpha value is -1.30. The van der Waals surface area contributed by atoms with Crippen LogP contribution in [0.1, 0.15) is 49.6 Å². The predicted molar refractivity (Wildman–Crippen MR) is 81.2 cm³/mol. The minimum atomic E-state index is -0.777. The van der Waals surface area contributed by atoms with E-state index in [0.717, 1.165) is 17.3 Å². The average molecular weight is 355 g/mol. The van der Waals surface area contributed by atoms with Gasteiger partial charge in [-0.05, 0) is 55.1 Å². The van der Waals surface area contributed by atoms with Crippen LogP contribution in [-0.4, -0.2) is 38.5 Å². The van der Waals surface area contributed by atoms with Crippen LogP contribution < -0.4 is 0 Å². The topological polar surface area (TPSA) is 62.5 Å². The molecule has 3 heterocycles. The number of hydrogen-bond acceptors (Lipinski definition) is 2. The van der Waals surface area contributed by atoms with E-state index in [2.05, 4.69) is 15.9 Å². The minimum absolute atomic E-state index is 0.0364. The van der Waals surface area contributed by atoms with Gasteiger partial charge in [-0.2, -0.15) is 0 Å². The molecule has 2 aliphatic heterocycles. The summed E-state index contributed by atoms with van der Waals surface area (Å²) in [6, 6.07) is 1.95. The third-order valence-corrected chi connectivity index (χ3v) is 5.11. The van der Waals surface area contributed by atoms with E-state index in [0.29, 0.717) is 12.1 Å². The highest BCUT2D eigenvalue weighted by Crippen LogP contribution is 2.42. The van der Waals surface area contributed by atoms with E-state index >= 15 is 0 Å². The molecule has 2 saturated heterocycles. The van der Waals surface area contributed by atoms with Gasteiger partial charge in [0.05, 0.1) is 5.92 Å². The number of nitrogens with zero attached hydrogens (tertiary/aromatic N) is 2. The van der Waals surface area contributed by atoms with E-state index in [1.54, 1.807) is 0 Å². The van der Waals surface area contributed by atoms with Crippen LogP contribution in [-0.2, 0) is 4.79 Å². The monoisotopic (exact) mass is 354 g/mol. The fraction of sp³-hybridized carbons (Fsp3) is 0.600. The van der Waals surface area contributed by atoms with Crippen molar-refractivity contribution in [3.63, 3.8) is 0 Å². The zero-order valence-corrected chi connectivity index (χ0v) is 13.7. The summed E-state index contributed by atoms with van der Waals surface area (Å²) >= 11 is 3.42. The van der Waals surface area contributed by atoms with Gasteiger partial charge in [-0.3, -0.25) is 9.59 Å². The van der Waals surface area contributed by atoms with Gasteiger partial charge in [-0.15, -0.1) is 0 Å². The number of aromatic nitrogens is 1. The number of rotatable bonds is 3.